The molecule has 0 aliphatic carbocycles. The molecule has 0 saturated heterocycles. The number of pyridine rings is 1. The fourth-order valence-corrected chi connectivity index (χ4v) is 2.41. The number of nitrogens with one attached hydrogen (secondary N) is 2. The lowest BCUT2D eigenvalue weighted by atomic mass is 10.2. The molecule has 0 radical (unpaired) electrons. The van der Waals surface area contributed by atoms with Gasteiger partial charge in [-0.15, -0.1) is 0 Å². The van der Waals surface area contributed by atoms with E-state index in [-0.39, 0.29) is 6.04 Å². The van der Waals surface area contributed by atoms with Crippen LogP contribution in [-0.4, -0.2) is 44.4 Å². The first-order valence-corrected chi connectivity index (χ1v) is 8.96. The summed E-state index contributed by atoms with van der Waals surface area (Å²) in [5.41, 5.74) is 1.04. The summed E-state index contributed by atoms with van der Waals surface area (Å²) in [5.74, 6) is 2.78. The number of methoxy groups -OCH3 is 1. The number of rotatable bonds is 9. The van der Waals surface area contributed by atoms with Crippen LogP contribution in [0.4, 0.5) is 0 Å². The summed E-state index contributed by atoms with van der Waals surface area (Å²) in [6, 6.07) is 11.5. The van der Waals surface area contributed by atoms with Gasteiger partial charge in [0.1, 0.15) is 11.5 Å². The predicted octanol–water partition coefficient (Wildman–Crippen LogP) is 2.97. The number of ether oxygens (including phenoxy) is 3. The van der Waals surface area contributed by atoms with E-state index in [1.165, 1.54) is 0 Å². The van der Waals surface area contributed by atoms with E-state index in [0.717, 1.165) is 11.3 Å². The van der Waals surface area contributed by atoms with E-state index in [1.54, 1.807) is 20.4 Å². The fraction of sp³-hybridized carbons (Fsp3) is 0.400. The molecular formula is C20H28N4O3. The molecule has 146 valence electrons. The molecule has 0 aliphatic heterocycles. The molecule has 0 fully saturated rings. The van der Waals surface area contributed by atoms with Crippen molar-refractivity contribution in [1.82, 2.24) is 15.6 Å². The molecule has 0 bridgehead atoms. The van der Waals surface area contributed by atoms with Gasteiger partial charge >= 0.3 is 0 Å². The number of aliphatic imine (C=N–C) groups is 1. The highest BCUT2D eigenvalue weighted by atomic mass is 16.5. The van der Waals surface area contributed by atoms with E-state index in [1.807, 2.05) is 50.2 Å². The monoisotopic (exact) mass is 372 g/mol. The molecule has 1 heterocycles. The van der Waals surface area contributed by atoms with Crippen LogP contribution in [0.3, 0.4) is 0 Å². The first kappa shape index (κ1) is 20.5. The van der Waals surface area contributed by atoms with E-state index < -0.39 is 0 Å². The molecule has 27 heavy (non-hydrogen) atoms. The van der Waals surface area contributed by atoms with Crippen LogP contribution in [0.2, 0.25) is 0 Å². The second-order valence-corrected chi connectivity index (χ2v) is 5.94. The lowest BCUT2D eigenvalue weighted by Gasteiger charge is -2.17. The van der Waals surface area contributed by atoms with Gasteiger partial charge in [0.15, 0.2) is 5.96 Å². The number of benzene rings is 1. The van der Waals surface area contributed by atoms with Gasteiger partial charge in [-0.05, 0) is 49.7 Å². The van der Waals surface area contributed by atoms with Crippen LogP contribution in [0, 0.1) is 0 Å². The van der Waals surface area contributed by atoms with Gasteiger partial charge in [-0.1, -0.05) is 0 Å². The van der Waals surface area contributed by atoms with Crippen LogP contribution < -0.4 is 20.1 Å². The maximum atomic E-state index is 5.82. The molecule has 2 N–H and O–H groups in total. The highest BCUT2D eigenvalue weighted by molar-refractivity contribution is 5.79. The normalized spacial score (nSPS) is 12.4. The molecule has 0 saturated carbocycles. The Balaban J connectivity index is 1.92. The maximum absolute atomic E-state index is 5.82. The third kappa shape index (κ3) is 7.15. The lowest BCUT2D eigenvalue weighted by molar-refractivity contribution is 0.179. The summed E-state index contributed by atoms with van der Waals surface area (Å²) in [5, 5.41) is 6.53. The van der Waals surface area contributed by atoms with E-state index in [0.29, 0.717) is 37.3 Å². The average molecular weight is 372 g/mol. The van der Waals surface area contributed by atoms with Crippen molar-refractivity contribution in [3.8, 4) is 17.4 Å². The van der Waals surface area contributed by atoms with Gasteiger partial charge in [0.05, 0.1) is 13.2 Å². The first-order valence-electron chi connectivity index (χ1n) is 8.96. The van der Waals surface area contributed by atoms with Gasteiger partial charge in [-0.25, -0.2) is 4.98 Å². The van der Waals surface area contributed by atoms with Crippen molar-refractivity contribution in [3.63, 3.8) is 0 Å². The zero-order chi connectivity index (χ0) is 19.5. The third-order valence-corrected chi connectivity index (χ3v) is 3.64. The van der Waals surface area contributed by atoms with Gasteiger partial charge in [0, 0.05) is 39.0 Å². The summed E-state index contributed by atoms with van der Waals surface area (Å²) in [4.78, 5) is 8.49. The van der Waals surface area contributed by atoms with Gasteiger partial charge in [0.25, 0.3) is 0 Å². The Hall–Kier alpha value is -2.80. The highest BCUT2D eigenvalue weighted by Gasteiger charge is 2.06. The van der Waals surface area contributed by atoms with E-state index in [4.69, 9.17) is 14.2 Å². The topological polar surface area (TPSA) is 77.0 Å². The maximum Gasteiger partial charge on any atom is 0.219 e. The van der Waals surface area contributed by atoms with Crippen LogP contribution in [0.25, 0.3) is 0 Å². The van der Waals surface area contributed by atoms with Crippen molar-refractivity contribution in [3.05, 3.63) is 48.2 Å². The average Bonchev–Trinajstić information content (AvgIpc) is 2.67. The molecule has 7 heteroatoms. The smallest absolute Gasteiger partial charge is 0.219 e. The third-order valence-electron chi connectivity index (χ3n) is 3.64. The molecule has 0 amide bonds. The number of guanidine groups is 1. The molecular weight excluding hydrogens is 344 g/mol. The Bertz CT molecular complexity index is 719. The van der Waals surface area contributed by atoms with Crippen LogP contribution >= 0.6 is 0 Å². The summed E-state index contributed by atoms with van der Waals surface area (Å²) in [6.45, 7) is 5.83. The Kier molecular flexibility index (Phi) is 8.38. The molecule has 1 aromatic carbocycles. The summed E-state index contributed by atoms with van der Waals surface area (Å²) < 4.78 is 16.4. The van der Waals surface area contributed by atoms with Crippen LogP contribution in [0.15, 0.2) is 47.6 Å². The minimum absolute atomic E-state index is 0.164. The molecule has 0 aliphatic rings. The van der Waals surface area contributed by atoms with Gasteiger partial charge in [-0.2, -0.15) is 0 Å². The van der Waals surface area contributed by atoms with Crippen LogP contribution in [-0.2, 0) is 11.3 Å². The second-order valence-electron chi connectivity index (χ2n) is 5.94. The largest absolute Gasteiger partial charge is 0.494 e. The number of hydrogen-bond acceptors (Lipinski definition) is 5. The van der Waals surface area contributed by atoms with E-state index >= 15 is 0 Å². The fourth-order valence-electron chi connectivity index (χ4n) is 2.41. The van der Waals surface area contributed by atoms with Crippen molar-refractivity contribution in [2.45, 2.75) is 26.4 Å². The highest BCUT2D eigenvalue weighted by Crippen LogP contribution is 2.23. The molecule has 2 rings (SSSR count). The first-order chi connectivity index (χ1) is 13.1. The van der Waals surface area contributed by atoms with Crippen molar-refractivity contribution >= 4 is 5.96 Å². The van der Waals surface area contributed by atoms with Crippen molar-refractivity contribution < 1.29 is 14.2 Å². The molecule has 1 aromatic heterocycles. The number of aromatic nitrogens is 1. The van der Waals surface area contributed by atoms with E-state index in [9.17, 15) is 0 Å². The van der Waals surface area contributed by atoms with Crippen molar-refractivity contribution in [1.29, 1.82) is 0 Å². The van der Waals surface area contributed by atoms with Crippen LogP contribution in [0.1, 0.15) is 19.4 Å². The summed E-state index contributed by atoms with van der Waals surface area (Å²) in [6.07, 6.45) is 1.73. The Morgan fingerprint density at radius 2 is 1.93 bits per heavy atom. The summed E-state index contributed by atoms with van der Waals surface area (Å²) in [7, 11) is 3.42. The second kappa shape index (κ2) is 11.0. The van der Waals surface area contributed by atoms with Crippen molar-refractivity contribution in [2.24, 2.45) is 4.99 Å². The molecule has 2 aromatic rings. The zero-order valence-corrected chi connectivity index (χ0v) is 16.4. The minimum Gasteiger partial charge on any atom is -0.494 e. The standard InChI is InChI=1S/C20H28N4O3/c1-5-26-17-6-8-18(9-7-17)27-19-12-16(10-11-22-19)13-23-20(21-3)24-15(2)14-25-4/h6-12,15H,5,13-14H2,1-4H3,(H2,21,23,24). The van der Waals surface area contributed by atoms with Gasteiger partial charge in [0.2, 0.25) is 5.88 Å². The molecule has 1 atom stereocenters. The van der Waals surface area contributed by atoms with Crippen LogP contribution in [0.5, 0.6) is 17.4 Å². The van der Waals surface area contributed by atoms with E-state index in [2.05, 4.69) is 20.6 Å². The minimum atomic E-state index is 0.164. The van der Waals surface area contributed by atoms with Crippen molar-refractivity contribution in [2.75, 3.05) is 27.4 Å². The zero-order valence-electron chi connectivity index (χ0n) is 16.4. The van der Waals surface area contributed by atoms with Gasteiger partial charge < -0.3 is 24.8 Å². The number of nitrogens with zero attached hydrogens (tertiary/aromatic N) is 2. The molecule has 1 unspecified atom stereocenters. The number of hydrogen-bond donors (Lipinski definition) is 2. The quantitative estimate of drug-likeness (QED) is 0.521. The lowest BCUT2D eigenvalue weighted by Crippen LogP contribution is -2.43. The summed E-state index contributed by atoms with van der Waals surface area (Å²) >= 11 is 0. The Morgan fingerprint density at radius 1 is 1.19 bits per heavy atom. The SMILES string of the molecule is CCOc1ccc(Oc2cc(CNC(=NC)NC(C)COC)ccn2)cc1. The Labute approximate surface area is 160 Å². The molecule has 7 nitrogen and oxygen atoms in total. The molecule has 0 spiro atoms. The van der Waals surface area contributed by atoms with Gasteiger partial charge in [-0.3, -0.25) is 4.99 Å². The Morgan fingerprint density at radius 3 is 2.59 bits per heavy atom. The predicted molar refractivity (Wildman–Crippen MR) is 107 cm³/mol.